The number of alkyl halides is 2. The van der Waals surface area contributed by atoms with Crippen molar-refractivity contribution in [2.24, 2.45) is 0 Å². The Kier molecular flexibility index (Phi) is 6.02. The molecule has 8 heteroatoms. The van der Waals surface area contributed by atoms with Crippen molar-refractivity contribution in [3.05, 3.63) is 70.3 Å². The summed E-state index contributed by atoms with van der Waals surface area (Å²) in [6, 6.07) is 11.8. The summed E-state index contributed by atoms with van der Waals surface area (Å²) in [6.45, 7) is 0. The highest BCUT2D eigenvalue weighted by atomic mass is 32.2. The lowest BCUT2D eigenvalue weighted by atomic mass is 10.2. The number of halogens is 2. The molecule has 0 aromatic heterocycles. The Labute approximate surface area is 140 Å². The molecule has 5 nitrogen and oxygen atoms in total. The van der Waals surface area contributed by atoms with E-state index < -0.39 is 16.6 Å². The van der Waals surface area contributed by atoms with Crippen LogP contribution in [0.15, 0.2) is 59.5 Å². The van der Waals surface area contributed by atoms with Crippen molar-refractivity contribution < 1.29 is 18.5 Å². The van der Waals surface area contributed by atoms with Crippen LogP contribution in [0.25, 0.3) is 6.08 Å². The van der Waals surface area contributed by atoms with Crippen molar-refractivity contribution in [1.82, 2.24) is 0 Å². The molecule has 2 aromatic carbocycles. The van der Waals surface area contributed by atoms with Gasteiger partial charge < -0.3 is 5.32 Å². The summed E-state index contributed by atoms with van der Waals surface area (Å²) in [7, 11) is 0. The molecule has 2 rings (SSSR count). The third-order valence-electron chi connectivity index (χ3n) is 2.88. The number of nitrogens with one attached hydrogen (secondary N) is 1. The minimum Gasteiger partial charge on any atom is -0.323 e. The van der Waals surface area contributed by atoms with Gasteiger partial charge in [0.05, 0.1) is 4.92 Å². The van der Waals surface area contributed by atoms with Gasteiger partial charge in [-0.05, 0) is 48.0 Å². The Bertz CT molecular complexity index is 747. The quantitative estimate of drug-likeness (QED) is 0.359. The van der Waals surface area contributed by atoms with E-state index in [-0.39, 0.29) is 5.69 Å². The van der Waals surface area contributed by atoms with E-state index >= 15 is 0 Å². The molecule has 0 saturated heterocycles. The highest BCUT2D eigenvalue weighted by Crippen LogP contribution is 2.26. The number of benzene rings is 2. The molecule has 0 unspecified atom stereocenters. The zero-order valence-electron chi connectivity index (χ0n) is 12.2. The van der Waals surface area contributed by atoms with Crippen LogP contribution in [0.5, 0.6) is 0 Å². The normalized spacial score (nSPS) is 11.0. The number of hydrogen-bond acceptors (Lipinski definition) is 4. The molecule has 0 fully saturated rings. The van der Waals surface area contributed by atoms with Gasteiger partial charge in [-0.1, -0.05) is 11.8 Å². The molecular weight excluding hydrogens is 338 g/mol. The average molecular weight is 350 g/mol. The van der Waals surface area contributed by atoms with E-state index in [9.17, 15) is 23.7 Å². The Morgan fingerprint density at radius 3 is 2.29 bits per heavy atom. The number of carbonyl (C=O) groups excluding carboxylic acids is 1. The van der Waals surface area contributed by atoms with Crippen LogP contribution in [0.4, 0.5) is 20.2 Å². The molecule has 1 amide bonds. The number of anilines is 1. The van der Waals surface area contributed by atoms with Gasteiger partial charge in [0.1, 0.15) is 0 Å². The number of thioether (sulfide) groups is 1. The summed E-state index contributed by atoms with van der Waals surface area (Å²) >= 11 is 0.429. The number of amides is 1. The standard InChI is InChI=1S/C16H12F2N2O3S/c17-16(18)24-14-8-4-12(5-9-14)19-15(21)10-3-11-1-6-13(7-2-11)20(22)23/h1-10,16H,(H,19,21)/b10-3+. The fraction of sp³-hybridized carbons (Fsp3) is 0.0625. The molecule has 0 atom stereocenters. The number of nitro groups is 1. The highest BCUT2D eigenvalue weighted by molar-refractivity contribution is 7.99. The van der Waals surface area contributed by atoms with Crippen LogP contribution in [0.3, 0.4) is 0 Å². The molecule has 0 aliphatic heterocycles. The number of nitro benzene ring substituents is 1. The lowest BCUT2D eigenvalue weighted by molar-refractivity contribution is -0.384. The first kappa shape index (κ1) is 17.6. The van der Waals surface area contributed by atoms with E-state index in [1.54, 1.807) is 0 Å². The topological polar surface area (TPSA) is 72.2 Å². The predicted molar refractivity (Wildman–Crippen MR) is 89.1 cm³/mol. The zero-order valence-corrected chi connectivity index (χ0v) is 13.0. The van der Waals surface area contributed by atoms with Crippen molar-refractivity contribution in [2.75, 3.05) is 5.32 Å². The molecule has 0 radical (unpaired) electrons. The first-order valence-corrected chi connectivity index (χ1v) is 7.60. The monoisotopic (exact) mass is 350 g/mol. The molecule has 2 aromatic rings. The van der Waals surface area contributed by atoms with Gasteiger partial charge >= 0.3 is 0 Å². The Morgan fingerprint density at radius 2 is 1.75 bits per heavy atom. The van der Waals surface area contributed by atoms with Gasteiger partial charge in [0.25, 0.3) is 11.4 Å². The maximum atomic E-state index is 12.2. The van der Waals surface area contributed by atoms with Gasteiger partial charge in [0.15, 0.2) is 0 Å². The molecule has 0 heterocycles. The van der Waals surface area contributed by atoms with Crippen molar-refractivity contribution in [2.45, 2.75) is 10.7 Å². The van der Waals surface area contributed by atoms with Crippen LogP contribution >= 0.6 is 11.8 Å². The van der Waals surface area contributed by atoms with Crippen molar-refractivity contribution >= 4 is 35.1 Å². The fourth-order valence-electron chi connectivity index (χ4n) is 1.78. The summed E-state index contributed by atoms with van der Waals surface area (Å²) in [5.41, 5.74) is 1.09. The Balaban J connectivity index is 1.93. The van der Waals surface area contributed by atoms with Crippen LogP contribution in [0.1, 0.15) is 5.56 Å². The number of hydrogen-bond donors (Lipinski definition) is 1. The molecule has 0 aliphatic carbocycles. The second-order valence-electron chi connectivity index (χ2n) is 4.57. The van der Waals surface area contributed by atoms with Crippen LogP contribution in [0.2, 0.25) is 0 Å². The number of rotatable bonds is 6. The SMILES string of the molecule is O=C(/C=C/c1ccc([N+](=O)[O-])cc1)Nc1ccc(SC(F)F)cc1. The maximum absolute atomic E-state index is 12.2. The van der Waals surface area contributed by atoms with Crippen LogP contribution in [-0.2, 0) is 4.79 Å². The number of carbonyl (C=O) groups is 1. The minimum absolute atomic E-state index is 0.0293. The van der Waals surface area contributed by atoms with Crippen LogP contribution < -0.4 is 5.32 Å². The van der Waals surface area contributed by atoms with Gasteiger partial charge in [0, 0.05) is 28.8 Å². The van der Waals surface area contributed by atoms with Crippen molar-refractivity contribution in [3.63, 3.8) is 0 Å². The van der Waals surface area contributed by atoms with Crippen LogP contribution in [0, 0.1) is 10.1 Å². The van der Waals surface area contributed by atoms with E-state index in [1.807, 2.05) is 0 Å². The van der Waals surface area contributed by atoms with Crippen LogP contribution in [-0.4, -0.2) is 16.6 Å². The smallest absolute Gasteiger partial charge is 0.288 e. The summed E-state index contributed by atoms with van der Waals surface area (Å²) in [6.07, 6.45) is 2.79. The molecule has 124 valence electrons. The molecule has 0 aliphatic rings. The van der Waals surface area contributed by atoms with Gasteiger partial charge in [-0.2, -0.15) is 8.78 Å². The lowest BCUT2D eigenvalue weighted by Gasteiger charge is -2.04. The third-order valence-corrected chi connectivity index (χ3v) is 3.60. The highest BCUT2D eigenvalue weighted by Gasteiger charge is 2.06. The molecule has 0 spiro atoms. The molecular formula is C16H12F2N2O3S. The fourth-order valence-corrected chi connectivity index (χ4v) is 2.28. The first-order valence-electron chi connectivity index (χ1n) is 6.72. The molecule has 0 saturated carbocycles. The van der Waals surface area contributed by atoms with E-state index in [1.165, 1.54) is 60.7 Å². The van der Waals surface area contributed by atoms with Gasteiger partial charge in [-0.3, -0.25) is 14.9 Å². The predicted octanol–water partition coefficient (Wildman–Crippen LogP) is 4.56. The van der Waals surface area contributed by atoms with Gasteiger partial charge in [0.2, 0.25) is 5.91 Å². The summed E-state index contributed by atoms with van der Waals surface area (Å²) in [4.78, 5) is 22.2. The molecule has 1 N–H and O–H groups in total. The summed E-state index contributed by atoms with van der Waals surface area (Å²) in [5.74, 6) is -2.89. The molecule has 24 heavy (non-hydrogen) atoms. The van der Waals surface area contributed by atoms with Crippen molar-refractivity contribution in [3.8, 4) is 0 Å². The molecule has 0 bridgehead atoms. The Hall–Kier alpha value is -2.74. The van der Waals surface area contributed by atoms with E-state index in [2.05, 4.69) is 5.32 Å². The second-order valence-corrected chi connectivity index (χ2v) is 5.64. The second kappa shape index (κ2) is 8.21. The summed E-state index contributed by atoms with van der Waals surface area (Å²) in [5, 5.41) is 13.1. The van der Waals surface area contributed by atoms with E-state index in [0.717, 1.165) is 0 Å². The van der Waals surface area contributed by atoms with E-state index in [4.69, 9.17) is 0 Å². The Morgan fingerprint density at radius 1 is 1.12 bits per heavy atom. The number of non-ortho nitro benzene ring substituents is 1. The van der Waals surface area contributed by atoms with Crippen molar-refractivity contribution in [1.29, 1.82) is 0 Å². The first-order chi connectivity index (χ1) is 11.4. The average Bonchev–Trinajstić information content (AvgIpc) is 2.54. The summed E-state index contributed by atoms with van der Waals surface area (Å²) < 4.78 is 24.4. The lowest BCUT2D eigenvalue weighted by Crippen LogP contribution is -2.07. The minimum atomic E-state index is -2.49. The zero-order chi connectivity index (χ0) is 17.5. The van der Waals surface area contributed by atoms with E-state index in [0.29, 0.717) is 27.9 Å². The van der Waals surface area contributed by atoms with Gasteiger partial charge in [-0.15, -0.1) is 0 Å². The third kappa shape index (κ3) is 5.47. The largest absolute Gasteiger partial charge is 0.323 e. The van der Waals surface area contributed by atoms with Gasteiger partial charge in [-0.25, -0.2) is 0 Å². The maximum Gasteiger partial charge on any atom is 0.288 e. The number of nitrogens with zero attached hydrogens (tertiary/aromatic N) is 1.